The zero-order chi connectivity index (χ0) is 30.7. The average Bonchev–Trinajstić information content (AvgIpc) is 3.35. The van der Waals surface area contributed by atoms with E-state index in [1.807, 2.05) is 13.8 Å². The van der Waals surface area contributed by atoms with Crippen molar-refractivity contribution in [2.24, 2.45) is 17.6 Å². The molecular weight excluding hydrogens is 536 g/mol. The van der Waals surface area contributed by atoms with Crippen molar-refractivity contribution in [3.05, 3.63) is 28.8 Å². The molecule has 0 aliphatic carbocycles. The number of H-pyrrole nitrogens is 1. The van der Waals surface area contributed by atoms with Gasteiger partial charge in [0.05, 0.1) is 19.5 Å². The Kier molecular flexibility index (Phi) is 16.5. The number of nitrogens with two attached hydrogens (primary N) is 2. The molecule has 11 heteroatoms. The maximum Gasteiger partial charge on any atom is 0.323 e. The van der Waals surface area contributed by atoms with E-state index in [0.717, 1.165) is 25.7 Å². The summed E-state index contributed by atoms with van der Waals surface area (Å²) in [6.45, 7) is 6.53. The number of unbranched alkanes of at least 4 members (excludes halogenated alkanes) is 9. The number of anilines is 1. The minimum Gasteiger partial charge on any atom is -0.466 e. The zero-order valence-corrected chi connectivity index (χ0v) is 25.8. The van der Waals surface area contributed by atoms with Gasteiger partial charge in [0.15, 0.2) is 11.2 Å². The second kappa shape index (κ2) is 19.8. The van der Waals surface area contributed by atoms with Gasteiger partial charge < -0.3 is 25.5 Å². The number of imidazole rings is 1. The molecule has 0 saturated heterocycles. The number of fused-ring (bicyclic) bond motifs is 1. The fraction of sp³-hybridized carbons (Fsp3) is 0.710. The van der Waals surface area contributed by atoms with Crippen molar-refractivity contribution in [1.82, 2.24) is 19.5 Å². The van der Waals surface area contributed by atoms with Crippen LogP contribution in [-0.2, 0) is 25.6 Å². The molecule has 0 amide bonds. The van der Waals surface area contributed by atoms with E-state index >= 15 is 0 Å². The number of ether oxygens (including phenoxy) is 2. The van der Waals surface area contributed by atoms with Crippen LogP contribution in [0.3, 0.4) is 0 Å². The molecule has 0 saturated carbocycles. The SMILES string of the molecule is CCCCCC/C=C/CCCCCCCC(=O)OCC[C@@H](COC(=O)[C@@H](N)C(C)C)Cn1cnc2c(=O)[nH]c(N)nc21. The van der Waals surface area contributed by atoms with Crippen LogP contribution in [0, 0.1) is 11.8 Å². The van der Waals surface area contributed by atoms with Gasteiger partial charge in [0.25, 0.3) is 5.56 Å². The molecule has 0 radical (unpaired) electrons. The molecule has 2 aromatic rings. The van der Waals surface area contributed by atoms with Crippen molar-refractivity contribution in [2.45, 2.75) is 117 Å². The Morgan fingerprint density at radius 3 is 2.38 bits per heavy atom. The maximum atomic E-state index is 12.3. The quantitative estimate of drug-likeness (QED) is 0.0969. The highest BCUT2D eigenvalue weighted by Gasteiger charge is 2.22. The highest BCUT2D eigenvalue weighted by atomic mass is 16.5. The minimum absolute atomic E-state index is 0.0148. The summed E-state index contributed by atoms with van der Waals surface area (Å²) < 4.78 is 12.7. The second-order valence-corrected chi connectivity index (χ2v) is 11.4. The molecule has 0 aliphatic heterocycles. The summed E-state index contributed by atoms with van der Waals surface area (Å²) in [6, 6.07) is -0.727. The first-order chi connectivity index (χ1) is 20.2. The molecule has 0 unspecified atom stereocenters. The number of carbonyl (C=O) groups excluding carboxylic acids is 2. The summed E-state index contributed by atoms with van der Waals surface area (Å²) in [5.41, 5.74) is 11.7. The molecule has 2 aromatic heterocycles. The van der Waals surface area contributed by atoms with E-state index in [2.05, 4.69) is 34.0 Å². The predicted molar refractivity (Wildman–Crippen MR) is 166 cm³/mol. The fourth-order valence-corrected chi connectivity index (χ4v) is 4.58. The number of hydrogen-bond acceptors (Lipinski definition) is 9. The maximum absolute atomic E-state index is 12.3. The fourth-order valence-electron chi connectivity index (χ4n) is 4.58. The Labute approximate surface area is 249 Å². The summed E-state index contributed by atoms with van der Waals surface area (Å²) in [6.07, 6.45) is 19.8. The molecule has 0 aromatic carbocycles. The molecule has 11 nitrogen and oxygen atoms in total. The number of rotatable bonds is 22. The molecule has 0 aliphatic rings. The first kappa shape index (κ1) is 35.0. The van der Waals surface area contributed by atoms with Crippen molar-refractivity contribution in [3.63, 3.8) is 0 Å². The second-order valence-electron chi connectivity index (χ2n) is 11.4. The van der Waals surface area contributed by atoms with Crippen LogP contribution in [0.15, 0.2) is 23.3 Å². The lowest BCUT2D eigenvalue weighted by Crippen LogP contribution is -2.38. The lowest BCUT2D eigenvalue weighted by atomic mass is 10.1. The zero-order valence-electron chi connectivity index (χ0n) is 25.8. The van der Waals surface area contributed by atoms with Gasteiger partial charge in [-0.3, -0.25) is 19.4 Å². The third-order valence-corrected chi connectivity index (χ3v) is 7.33. The normalized spacial score (nSPS) is 13.2. The first-order valence-electron chi connectivity index (χ1n) is 15.7. The number of allylic oxidation sites excluding steroid dienone is 2. The Balaban J connectivity index is 1.73. The van der Waals surface area contributed by atoms with Gasteiger partial charge in [-0.1, -0.05) is 71.4 Å². The Morgan fingerprint density at radius 1 is 1.02 bits per heavy atom. The lowest BCUT2D eigenvalue weighted by Gasteiger charge is -2.20. The van der Waals surface area contributed by atoms with Crippen LogP contribution >= 0.6 is 0 Å². The monoisotopic (exact) mass is 588 g/mol. The smallest absolute Gasteiger partial charge is 0.323 e. The standard InChI is InChI=1S/C31H52N6O5/c1-4-5-6-7-8-9-10-11-12-13-14-15-16-17-25(38)41-19-18-24(21-42-30(40)26(32)23(2)3)20-37-22-34-27-28(37)35-31(33)36-29(27)39/h9-10,22-24,26H,4-8,11-21,32H2,1-3H3,(H3,33,35,36,39)/b10-9+/t24-,26+/m1/s1. The summed E-state index contributed by atoms with van der Waals surface area (Å²) in [5.74, 6) is -1.02. The van der Waals surface area contributed by atoms with Gasteiger partial charge >= 0.3 is 11.9 Å². The van der Waals surface area contributed by atoms with E-state index in [0.29, 0.717) is 25.0 Å². The van der Waals surface area contributed by atoms with Gasteiger partial charge in [-0.2, -0.15) is 4.98 Å². The van der Waals surface area contributed by atoms with Gasteiger partial charge in [0.2, 0.25) is 5.95 Å². The van der Waals surface area contributed by atoms with Gasteiger partial charge in [-0.05, 0) is 44.4 Å². The molecule has 0 bridgehead atoms. The van der Waals surface area contributed by atoms with Crippen LogP contribution in [0.1, 0.15) is 104 Å². The molecule has 0 fully saturated rings. The highest BCUT2D eigenvalue weighted by molar-refractivity contribution is 5.75. The van der Waals surface area contributed by atoms with Crippen molar-refractivity contribution < 1.29 is 19.1 Å². The van der Waals surface area contributed by atoms with E-state index in [-0.39, 0.29) is 42.5 Å². The predicted octanol–water partition coefficient (Wildman–Crippen LogP) is 5.04. The highest BCUT2D eigenvalue weighted by Crippen LogP contribution is 2.15. The minimum atomic E-state index is -0.727. The largest absolute Gasteiger partial charge is 0.466 e. The molecule has 5 N–H and O–H groups in total. The first-order valence-corrected chi connectivity index (χ1v) is 15.7. The number of nitrogens with zero attached hydrogens (tertiary/aromatic N) is 3. The number of carbonyl (C=O) groups is 2. The van der Waals surface area contributed by atoms with Crippen LogP contribution in [0.25, 0.3) is 11.2 Å². The molecular formula is C31H52N6O5. The Morgan fingerprint density at radius 2 is 1.69 bits per heavy atom. The molecule has 2 heterocycles. The van der Waals surface area contributed by atoms with Gasteiger partial charge in [-0.25, -0.2) is 4.98 Å². The number of nitrogen functional groups attached to an aromatic ring is 1. The molecule has 2 rings (SSSR count). The number of aromatic nitrogens is 4. The van der Waals surface area contributed by atoms with E-state index in [1.165, 1.54) is 51.3 Å². The van der Waals surface area contributed by atoms with E-state index < -0.39 is 17.6 Å². The topological polar surface area (TPSA) is 168 Å². The van der Waals surface area contributed by atoms with Crippen LogP contribution in [0.4, 0.5) is 5.95 Å². The van der Waals surface area contributed by atoms with E-state index in [9.17, 15) is 14.4 Å². The van der Waals surface area contributed by atoms with E-state index in [1.54, 1.807) is 4.57 Å². The van der Waals surface area contributed by atoms with Crippen LogP contribution in [0.2, 0.25) is 0 Å². The van der Waals surface area contributed by atoms with Crippen LogP contribution in [0.5, 0.6) is 0 Å². The third kappa shape index (κ3) is 13.2. The van der Waals surface area contributed by atoms with Gasteiger partial charge in [-0.15, -0.1) is 0 Å². The number of aromatic amines is 1. The summed E-state index contributed by atoms with van der Waals surface area (Å²) in [4.78, 5) is 47.6. The molecule has 2 atom stereocenters. The molecule has 236 valence electrons. The van der Waals surface area contributed by atoms with Gasteiger partial charge in [0.1, 0.15) is 6.04 Å². The van der Waals surface area contributed by atoms with Crippen molar-refractivity contribution >= 4 is 29.1 Å². The number of nitrogens with one attached hydrogen (secondary N) is 1. The average molecular weight is 589 g/mol. The van der Waals surface area contributed by atoms with Gasteiger partial charge in [0, 0.05) is 18.9 Å². The lowest BCUT2D eigenvalue weighted by molar-refractivity contribution is -0.149. The van der Waals surface area contributed by atoms with Crippen molar-refractivity contribution in [2.75, 3.05) is 18.9 Å². The number of hydrogen-bond donors (Lipinski definition) is 3. The molecule has 0 spiro atoms. The van der Waals surface area contributed by atoms with Crippen LogP contribution in [-0.4, -0.2) is 50.7 Å². The number of esters is 2. The summed E-state index contributed by atoms with van der Waals surface area (Å²) in [5, 5.41) is 0. The van der Waals surface area contributed by atoms with Crippen LogP contribution < -0.4 is 17.0 Å². The summed E-state index contributed by atoms with van der Waals surface area (Å²) in [7, 11) is 0. The Bertz CT molecular complexity index is 1160. The Hall–Kier alpha value is -3.21. The third-order valence-electron chi connectivity index (χ3n) is 7.33. The summed E-state index contributed by atoms with van der Waals surface area (Å²) >= 11 is 0. The van der Waals surface area contributed by atoms with Crippen molar-refractivity contribution in [3.8, 4) is 0 Å². The van der Waals surface area contributed by atoms with Crippen molar-refractivity contribution in [1.29, 1.82) is 0 Å². The molecule has 42 heavy (non-hydrogen) atoms. The van der Waals surface area contributed by atoms with E-state index in [4.69, 9.17) is 20.9 Å².